The zero-order valence-corrected chi connectivity index (χ0v) is 5.83. The van der Waals surface area contributed by atoms with Crippen LogP contribution in [0.4, 0.5) is 17.6 Å². The first-order valence-corrected chi connectivity index (χ1v) is 2.41. The van der Waals surface area contributed by atoms with Crippen LogP contribution in [0.2, 0.25) is 0 Å². The second kappa shape index (κ2) is 4.81. The number of alkyl halides is 3. The van der Waals surface area contributed by atoms with Crippen molar-refractivity contribution in [2.45, 2.75) is 20.0 Å². The molecule has 0 saturated heterocycles. The van der Waals surface area contributed by atoms with Crippen LogP contribution in [0.25, 0.3) is 0 Å². The molecule has 0 rings (SSSR count). The minimum atomic E-state index is -4.64. The molecule has 0 atom stereocenters. The predicted molar refractivity (Wildman–Crippen MR) is 28.5 cm³/mol. The molecular formula is C5H6F4O2. The monoisotopic (exact) mass is 174 g/mol. The van der Waals surface area contributed by atoms with Gasteiger partial charge in [0.05, 0.1) is 0 Å². The van der Waals surface area contributed by atoms with Gasteiger partial charge in [0.2, 0.25) is 5.78 Å². The van der Waals surface area contributed by atoms with Crippen molar-refractivity contribution in [2.24, 2.45) is 0 Å². The van der Waals surface area contributed by atoms with Gasteiger partial charge in [-0.15, -0.1) is 0 Å². The van der Waals surface area contributed by atoms with Gasteiger partial charge in [0.25, 0.3) is 6.04 Å². The third-order valence-electron chi connectivity index (χ3n) is 0.399. The lowest BCUT2D eigenvalue weighted by atomic mass is 10.5. The Hall–Kier alpha value is -0.940. The quantitative estimate of drug-likeness (QED) is 0.413. The minimum Gasteiger partial charge on any atom is -0.290 e. The summed E-state index contributed by atoms with van der Waals surface area (Å²) in [6, 6.07) is -1.33. The van der Waals surface area contributed by atoms with E-state index >= 15 is 0 Å². The molecule has 0 aromatic carbocycles. The van der Waals surface area contributed by atoms with Gasteiger partial charge in [-0.2, -0.15) is 17.6 Å². The number of hydrogen-bond acceptors (Lipinski definition) is 2. The summed E-state index contributed by atoms with van der Waals surface area (Å²) in [7, 11) is 0. The van der Waals surface area contributed by atoms with Crippen molar-refractivity contribution >= 4 is 11.8 Å². The molecule has 11 heavy (non-hydrogen) atoms. The van der Waals surface area contributed by atoms with Crippen LogP contribution < -0.4 is 0 Å². The third kappa shape index (κ3) is 17.6. The van der Waals surface area contributed by atoms with E-state index in [-0.39, 0.29) is 0 Å². The summed E-state index contributed by atoms with van der Waals surface area (Å²) in [5, 5.41) is 0. The summed E-state index contributed by atoms with van der Waals surface area (Å²) in [4.78, 5) is 18.1. The fraction of sp³-hybridized carbons (Fsp3) is 0.600. The maximum atomic E-state index is 10.8. The van der Waals surface area contributed by atoms with Crippen LogP contribution in [0.1, 0.15) is 13.8 Å². The largest absolute Gasteiger partial charge is 0.449 e. The van der Waals surface area contributed by atoms with Gasteiger partial charge in [0.15, 0.2) is 0 Å². The van der Waals surface area contributed by atoms with E-state index in [2.05, 4.69) is 0 Å². The van der Waals surface area contributed by atoms with Gasteiger partial charge < -0.3 is 0 Å². The third-order valence-corrected chi connectivity index (χ3v) is 0.399. The van der Waals surface area contributed by atoms with Crippen LogP contribution in [0.5, 0.6) is 0 Å². The fourth-order valence-electron chi connectivity index (χ4n) is 0. The second-order valence-corrected chi connectivity index (χ2v) is 1.52. The molecule has 0 bridgehead atoms. The van der Waals surface area contributed by atoms with Crippen LogP contribution >= 0.6 is 0 Å². The molecule has 0 saturated carbocycles. The Balaban J connectivity index is 0. The molecule has 2 nitrogen and oxygen atoms in total. The van der Waals surface area contributed by atoms with E-state index in [1.54, 1.807) is 0 Å². The van der Waals surface area contributed by atoms with E-state index in [0.29, 0.717) is 6.92 Å². The van der Waals surface area contributed by atoms with Crippen LogP contribution in [-0.4, -0.2) is 18.0 Å². The molecule has 0 N–H and O–H groups in total. The Labute approximate surface area is 60.2 Å². The highest BCUT2D eigenvalue weighted by Gasteiger charge is 2.33. The first kappa shape index (κ1) is 12.7. The van der Waals surface area contributed by atoms with Crippen LogP contribution in [0.3, 0.4) is 0 Å². The van der Waals surface area contributed by atoms with Crippen LogP contribution in [0.15, 0.2) is 0 Å². The first-order valence-electron chi connectivity index (χ1n) is 2.41. The molecule has 0 amide bonds. The van der Waals surface area contributed by atoms with E-state index < -0.39 is 18.0 Å². The van der Waals surface area contributed by atoms with E-state index in [1.807, 2.05) is 0 Å². The predicted octanol–water partition coefficient (Wildman–Crippen LogP) is 1.64. The number of halogens is 4. The summed E-state index contributed by atoms with van der Waals surface area (Å²) in [6.07, 6.45) is -4.64. The SMILES string of the molecule is CC(=O)C(F)(F)F.CC(=O)F. The molecule has 0 fully saturated rings. The number of carbonyl (C=O) groups excluding carboxylic acids is 2. The average molecular weight is 174 g/mol. The fourth-order valence-corrected chi connectivity index (χ4v) is 0. The molecule has 0 unspecified atom stereocenters. The summed E-state index contributed by atoms with van der Waals surface area (Å²) in [6.45, 7) is 1.35. The number of carbonyl (C=O) groups is 2. The molecule has 0 aliphatic carbocycles. The molecule has 0 spiro atoms. The van der Waals surface area contributed by atoms with Crippen molar-refractivity contribution in [1.82, 2.24) is 0 Å². The number of ketones is 1. The van der Waals surface area contributed by atoms with Crippen LogP contribution in [-0.2, 0) is 9.59 Å². The second-order valence-electron chi connectivity index (χ2n) is 1.52. The highest BCUT2D eigenvalue weighted by atomic mass is 19.4. The average Bonchev–Trinajstić information content (AvgIpc) is 1.59. The van der Waals surface area contributed by atoms with E-state index in [1.165, 1.54) is 0 Å². The lowest BCUT2D eigenvalue weighted by Gasteiger charge is -1.95. The van der Waals surface area contributed by atoms with Crippen molar-refractivity contribution in [3.8, 4) is 0 Å². The van der Waals surface area contributed by atoms with Gasteiger partial charge in [0, 0.05) is 13.8 Å². The number of rotatable bonds is 0. The molecule has 0 aromatic rings. The highest BCUT2D eigenvalue weighted by Crippen LogP contribution is 2.14. The normalized spacial score (nSPS) is 9.64. The van der Waals surface area contributed by atoms with E-state index in [4.69, 9.17) is 4.79 Å². The molecule has 66 valence electrons. The van der Waals surface area contributed by atoms with E-state index in [0.717, 1.165) is 6.92 Å². The summed E-state index contributed by atoms with van der Waals surface area (Å²) in [5.74, 6) is -1.76. The summed E-state index contributed by atoms with van der Waals surface area (Å²) in [5.41, 5.74) is 0. The molecule has 0 radical (unpaired) electrons. The van der Waals surface area contributed by atoms with E-state index in [9.17, 15) is 22.4 Å². The van der Waals surface area contributed by atoms with Gasteiger partial charge in [-0.25, -0.2) is 0 Å². The first-order chi connectivity index (χ1) is 4.68. The van der Waals surface area contributed by atoms with Crippen LogP contribution in [0, 0.1) is 0 Å². The van der Waals surface area contributed by atoms with Gasteiger partial charge in [0.1, 0.15) is 0 Å². The minimum absolute atomic E-state index is 0.486. The van der Waals surface area contributed by atoms with Crippen molar-refractivity contribution in [3.63, 3.8) is 0 Å². The Morgan fingerprint density at radius 1 is 1.09 bits per heavy atom. The molecule has 0 heterocycles. The van der Waals surface area contributed by atoms with Gasteiger partial charge >= 0.3 is 6.18 Å². The molecule has 6 heteroatoms. The smallest absolute Gasteiger partial charge is 0.290 e. The molecule has 0 aromatic heterocycles. The van der Waals surface area contributed by atoms with Crippen molar-refractivity contribution in [1.29, 1.82) is 0 Å². The zero-order valence-electron chi connectivity index (χ0n) is 5.83. The Bertz CT molecular complexity index is 145. The van der Waals surface area contributed by atoms with Gasteiger partial charge in [-0.3, -0.25) is 9.59 Å². The number of hydrogen-bond donors (Lipinski definition) is 0. The van der Waals surface area contributed by atoms with Gasteiger partial charge in [-0.05, 0) is 0 Å². The van der Waals surface area contributed by atoms with Crippen molar-refractivity contribution in [2.75, 3.05) is 0 Å². The standard InChI is InChI=1S/C3H3F3O.C2H3FO/c1-2(7)3(4,5)6;1-2(3)4/h1H3;1H3. The molecular weight excluding hydrogens is 168 g/mol. The Kier molecular flexibility index (Phi) is 5.56. The van der Waals surface area contributed by atoms with Crippen molar-refractivity contribution < 1.29 is 27.2 Å². The van der Waals surface area contributed by atoms with Gasteiger partial charge in [-0.1, -0.05) is 0 Å². The summed E-state index contributed by atoms with van der Waals surface area (Å²) < 4.78 is 42.8. The Morgan fingerprint density at radius 2 is 1.18 bits per heavy atom. The molecule has 0 aliphatic heterocycles. The summed E-state index contributed by atoms with van der Waals surface area (Å²) >= 11 is 0. The lowest BCUT2D eigenvalue weighted by molar-refractivity contribution is -0.168. The maximum Gasteiger partial charge on any atom is 0.449 e. The van der Waals surface area contributed by atoms with Crippen molar-refractivity contribution in [3.05, 3.63) is 0 Å². The zero-order chi connectivity index (χ0) is 9.65. The lowest BCUT2D eigenvalue weighted by Crippen LogP contribution is -2.18. The topological polar surface area (TPSA) is 34.1 Å². The maximum absolute atomic E-state index is 10.8. The Morgan fingerprint density at radius 3 is 1.18 bits per heavy atom. The number of Topliss-reactive ketones (excluding diaryl/α,β-unsaturated/α-hetero) is 1. The molecule has 0 aliphatic rings. The highest BCUT2D eigenvalue weighted by molar-refractivity contribution is 5.81.